The molecule has 0 saturated carbocycles. The number of amides is 1. The average Bonchev–Trinajstić information content (AvgIpc) is 1.97. The normalized spacial score (nSPS) is 25.2. The fourth-order valence-corrected chi connectivity index (χ4v) is 1.05. The van der Waals surface area contributed by atoms with Gasteiger partial charge in [0, 0.05) is 19.0 Å². The van der Waals surface area contributed by atoms with Crippen LogP contribution in [0.3, 0.4) is 0 Å². The van der Waals surface area contributed by atoms with Gasteiger partial charge >= 0.3 is 0 Å². The first-order chi connectivity index (χ1) is 4.04. The van der Waals surface area contributed by atoms with E-state index in [1.807, 2.05) is 13.8 Å². The van der Waals surface area contributed by atoms with E-state index >= 15 is 0 Å². The Morgan fingerprint density at radius 1 is 1.67 bits per heavy atom. The predicted octanol–water partition coefficient (Wildman–Crippen LogP) is 1.04. The van der Waals surface area contributed by atoms with Crippen molar-refractivity contribution in [1.29, 1.82) is 0 Å². The molecule has 0 bridgehead atoms. The summed E-state index contributed by atoms with van der Waals surface area (Å²) in [6, 6.07) is 0. The molecule has 2 heteroatoms. The highest BCUT2D eigenvalue weighted by molar-refractivity contribution is 5.84. The van der Waals surface area contributed by atoms with E-state index in [9.17, 15) is 4.79 Å². The standard InChI is InChI=1S/C7H12NO/c1-7(2)4-5-8(3)6(7)9/h3-5H2,1-2H3. The third kappa shape index (κ3) is 0.934. The SMILES string of the molecule is [CH2]N1CCC(C)(C)C1=O. The van der Waals surface area contributed by atoms with Crippen LogP contribution < -0.4 is 0 Å². The van der Waals surface area contributed by atoms with Crippen LogP contribution in [0.2, 0.25) is 0 Å². The second-order valence-corrected chi connectivity index (χ2v) is 3.20. The Labute approximate surface area is 55.8 Å². The summed E-state index contributed by atoms with van der Waals surface area (Å²) >= 11 is 0. The summed E-state index contributed by atoms with van der Waals surface area (Å²) < 4.78 is 0. The summed E-state index contributed by atoms with van der Waals surface area (Å²) in [5, 5.41) is 0. The van der Waals surface area contributed by atoms with Gasteiger partial charge in [-0.3, -0.25) is 4.79 Å². The maximum Gasteiger partial charge on any atom is 0.228 e. The van der Waals surface area contributed by atoms with Crippen molar-refractivity contribution in [3.05, 3.63) is 7.05 Å². The Balaban J connectivity index is 2.74. The van der Waals surface area contributed by atoms with Crippen molar-refractivity contribution in [2.45, 2.75) is 20.3 Å². The van der Waals surface area contributed by atoms with Crippen molar-refractivity contribution in [2.75, 3.05) is 6.54 Å². The molecule has 0 spiro atoms. The monoisotopic (exact) mass is 126 g/mol. The zero-order chi connectivity index (χ0) is 7.07. The fraction of sp³-hybridized carbons (Fsp3) is 0.714. The van der Waals surface area contributed by atoms with Crippen LogP contribution in [0, 0.1) is 12.5 Å². The molecule has 1 aliphatic heterocycles. The van der Waals surface area contributed by atoms with E-state index in [1.165, 1.54) is 0 Å². The number of carbonyl (C=O) groups is 1. The van der Waals surface area contributed by atoms with Gasteiger partial charge in [-0.1, -0.05) is 13.8 Å². The van der Waals surface area contributed by atoms with Gasteiger partial charge in [0.2, 0.25) is 5.91 Å². The van der Waals surface area contributed by atoms with Gasteiger partial charge in [-0.25, -0.2) is 0 Å². The van der Waals surface area contributed by atoms with Crippen molar-refractivity contribution in [3.63, 3.8) is 0 Å². The van der Waals surface area contributed by atoms with E-state index in [0.717, 1.165) is 13.0 Å². The molecule has 1 rings (SSSR count). The van der Waals surface area contributed by atoms with Crippen LogP contribution in [0.1, 0.15) is 20.3 Å². The van der Waals surface area contributed by atoms with Gasteiger partial charge in [-0.2, -0.15) is 0 Å². The van der Waals surface area contributed by atoms with Gasteiger partial charge in [0.1, 0.15) is 0 Å². The van der Waals surface area contributed by atoms with Gasteiger partial charge < -0.3 is 4.90 Å². The van der Waals surface area contributed by atoms with Crippen molar-refractivity contribution >= 4 is 5.91 Å². The third-order valence-corrected chi connectivity index (χ3v) is 1.87. The maximum absolute atomic E-state index is 11.1. The lowest BCUT2D eigenvalue weighted by atomic mass is 9.92. The highest BCUT2D eigenvalue weighted by Gasteiger charge is 2.36. The smallest absolute Gasteiger partial charge is 0.228 e. The first kappa shape index (κ1) is 6.59. The molecular weight excluding hydrogens is 114 g/mol. The molecule has 9 heavy (non-hydrogen) atoms. The minimum atomic E-state index is -0.151. The van der Waals surface area contributed by atoms with E-state index in [4.69, 9.17) is 0 Å². The molecule has 51 valence electrons. The molecule has 0 aromatic rings. The first-order valence-electron chi connectivity index (χ1n) is 3.16. The van der Waals surface area contributed by atoms with Crippen molar-refractivity contribution in [3.8, 4) is 0 Å². The lowest BCUT2D eigenvalue weighted by Crippen LogP contribution is -2.25. The molecule has 0 atom stereocenters. The van der Waals surface area contributed by atoms with Crippen LogP contribution in [0.4, 0.5) is 0 Å². The Morgan fingerprint density at radius 2 is 2.22 bits per heavy atom. The Kier molecular flexibility index (Phi) is 1.26. The molecule has 1 fully saturated rings. The maximum atomic E-state index is 11.1. The van der Waals surface area contributed by atoms with Crippen molar-refractivity contribution < 1.29 is 4.79 Å². The number of hydrogen-bond acceptors (Lipinski definition) is 1. The van der Waals surface area contributed by atoms with Gasteiger partial charge in [-0.15, -0.1) is 0 Å². The Morgan fingerprint density at radius 3 is 2.33 bits per heavy atom. The molecule has 1 amide bonds. The van der Waals surface area contributed by atoms with Gasteiger partial charge in [0.15, 0.2) is 0 Å². The number of hydrogen-bond donors (Lipinski definition) is 0. The topological polar surface area (TPSA) is 20.3 Å². The quantitative estimate of drug-likeness (QED) is 0.475. The summed E-state index contributed by atoms with van der Waals surface area (Å²) in [5.41, 5.74) is -0.151. The predicted molar refractivity (Wildman–Crippen MR) is 35.5 cm³/mol. The molecule has 2 nitrogen and oxygen atoms in total. The molecule has 1 saturated heterocycles. The van der Waals surface area contributed by atoms with E-state index in [-0.39, 0.29) is 11.3 Å². The summed E-state index contributed by atoms with van der Waals surface area (Å²) in [6.45, 7) is 4.73. The fourth-order valence-electron chi connectivity index (χ4n) is 1.05. The molecule has 0 unspecified atom stereocenters. The first-order valence-corrected chi connectivity index (χ1v) is 3.16. The number of carbonyl (C=O) groups excluding carboxylic acids is 1. The second kappa shape index (κ2) is 1.72. The van der Waals surface area contributed by atoms with Crippen molar-refractivity contribution in [2.24, 2.45) is 5.41 Å². The van der Waals surface area contributed by atoms with Crippen LogP contribution in [0.5, 0.6) is 0 Å². The molecule has 0 aliphatic carbocycles. The Bertz CT molecular complexity index is 140. The van der Waals surface area contributed by atoms with Crippen LogP contribution in [0.25, 0.3) is 0 Å². The van der Waals surface area contributed by atoms with Gasteiger partial charge in [0.05, 0.1) is 0 Å². The number of likely N-dealkylation sites (tertiary alicyclic amines) is 1. The second-order valence-electron chi connectivity index (χ2n) is 3.20. The molecule has 1 aliphatic rings. The summed E-state index contributed by atoms with van der Waals surface area (Å²) in [4.78, 5) is 12.6. The summed E-state index contributed by atoms with van der Waals surface area (Å²) in [6.07, 6.45) is 0.940. The Hall–Kier alpha value is -0.530. The van der Waals surface area contributed by atoms with Crippen LogP contribution in [-0.2, 0) is 4.79 Å². The van der Waals surface area contributed by atoms with Gasteiger partial charge in [0.25, 0.3) is 0 Å². The highest BCUT2D eigenvalue weighted by Crippen LogP contribution is 2.29. The zero-order valence-corrected chi connectivity index (χ0v) is 5.98. The average molecular weight is 126 g/mol. The van der Waals surface area contributed by atoms with E-state index in [2.05, 4.69) is 7.05 Å². The number of nitrogens with zero attached hydrogens (tertiary/aromatic N) is 1. The minimum absolute atomic E-state index is 0.151. The van der Waals surface area contributed by atoms with Crippen LogP contribution in [0.15, 0.2) is 0 Å². The number of rotatable bonds is 0. The summed E-state index contributed by atoms with van der Waals surface area (Å²) in [5.74, 6) is 0.169. The molecule has 1 heterocycles. The lowest BCUT2D eigenvalue weighted by Gasteiger charge is -2.14. The van der Waals surface area contributed by atoms with E-state index in [0.29, 0.717) is 0 Å². The zero-order valence-electron chi connectivity index (χ0n) is 5.98. The molecule has 0 aromatic heterocycles. The van der Waals surface area contributed by atoms with E-state index < -0.39 is 0 Å². The lowest BCUT2D eigenvalue weighted by molar-refractivity contribution is -0.132. The molecule has 0 aromatic carbocycles. The van der Waals surface area contributed by atoms with Crippen LogP contribution >= 0.6 is 0 Å². The third-order valence-electron chi connectivity index (χ3n) is 1.87. The van der Waals surface area contributed by atoms with Crippen molar-refractivity contribution in [1.82, 2.24) is 4.90 Å². The highest BCUT2D eigenvalue weighted by atomic mass is 16.2. The molecule has 1 radical (unpaired) electrons. The van der Waals surface area contributed by atoms with E-state index in [1.54, 1.807) is 4.90 Å². The van der Waals surface area contributed by atoms with Gasteiger partial charge in [-0.05, 0) is 6.42 Å². The largest absolute Gasteiger partial charge is 0.340 e. The molecular formula is C7H12NO. The van der Waals surface area contributed by atoms with Crippen LogP contribution in [-0.4, -0.2) is 17.4 Å². The minimum Gasteiger partial charge on any atom is -0.340 e. The molecule has 0 N–H and O–H groups in total. The summed E-state index contributed by atoms with van der Waals surface area (Å²) in [7, 11) is 3.60.